The van der Waals surface area contributed by atoms with Gasteiger partial charge < -0.3 is 24.4 Å². The van der Waals surface area contributed by atoms with Crippen molar-refractivity contribution in [2.24, 2.45) is 5.92 Å². The van der Waals surface area contributed by atoms with E-state index in [1.807, 2.05) is 0 Å². The molecule has 1 aliphatic rings. The van der Waals surface area contributed by atoms with Crippen molar-refractivity contribution < 1.29 is 28.7 Å². The standard InChI is InChI=1S/C23H25FN2O5/c24-18-4-2-1-3-17(18)14-30-20-8-6-16(13-27)22-21(20)19(25-31-22)7-5-15-9-11-26(12-10-15)23(28)29/h1-4,6,8,15,27H,5,7,9-14H2,(H,28,29). The maximum absolute atomic E-state index is 14.0. The molecule has 31 heavy (non-hydrogen) atoms. The van der Waals surface area contributed by atoms with Gasteiger partial charge in [0.05, 0.1) is 17.7 Å². The first-order valence-corrected chi connectivity index (χ1v) is 10.4. The van der Waals surface area contributed by atoms with Gasteiger partial charge in [0.15, 0.2) is 5.58 Å². The average molecular weight is 428 g/mol. The summed E-state index contributed by atoms with van der Waals surface area (Å²) in [6.45, 7) is 0.974. The van der Waals surface area contributed by atoms with Gasteiger partial charge in [-0.2, -0.15) is 0 Å². The number of hydrogen-bond acceptors (Lipinski definition) is 5. The second-order valence-corrected chi connectivity index (χ2v) is 7.85. The number of piperidine rings is 1. The highest BCUT2D eigenvalue weighted by Crippen LogP contribution is 2.34. The second kappa shape index (κ2) is 9.34. The number of fused-ring (bicyclic) bond motifs is 1. The number of benzene rings is 2. The third-order valence-corrected chi connectivity index (χ3v) is 5.92. The Kier molecular flexibility index (Phi) is 6.36. The minimum absolute atomic E-state index is 0.0680. The monoisotopic (exact) mass is 428 g/mol. The number of halogens is 1. The van der Waals surface area contributed by atoms with Gasteiger partial charge in [0, 0.05) is 24.2 Å². The quantitative estimate of drug-likeness (QED) is 0.581. The van der Waals surface area contributed by atoms with E-state index in [2.05, 4.69) is 5.16 Å². The van der Waals surface area contributed by atoms with Crippen LogP contribution in [0.4, 0.5) is 9.18 Å². The smallest absolute Gasteiger partial charge is 0.407 e. The number of aromatic nitrogens is 1. The molecule has 0 atom stereocenters. The van der Waals surface area contributed by atoms with E-state index in [1.165, 1.54) is 11.0 Å². The first kappa shape index (κ1) is 21.1. The number of carboxylic acid groups (broad SMARTS) is 1. The van der Waals surface area contributed by atoms with Crippen LogP contribution in [-0.4, -0.2) is 39.5 Å². The SMILES string of the molecule is O=C(O)N1CCC(CCc2noc3c(CO)ccc(OCc4ccccc4F)c23)CC1. The topological polar surface area (TPSA) is 96.0 Å². The van der Waals surface area contributed by atoms with Gasteiger partial charge >= 0.3 is 6.09 Å². The van der Waals surface area contributed by atoms with E-state index in [0.717, 1.165) is 25.0 Å². The number of aryl methyl sites for hydroxylation is 1. The zero-order chi connectivity index (χ0) is 21.8. The van der Waals surface area contributed by atoms with Crippen molar-refractivity contribution in [1.29, 1.82) is 0 Å². The third kappa shape index (κ3) is 4.64. The lowest BCUT2D eigenvalue weighted by atomic mass is 9.91. The van der Waals surface area contributed by atoms with Crippen molar-refractivity contribution in [3.63, 3.8) is 0 Å². The highest BCUT2D eigenvalue weighted by molar-refractivity contribution is 5.88. The summed E-state index contributed by atoms with van der Waals surface area (Å²) in [4.78, 5) is 12.5. The number of hydrogen-bond donors (Lipinski definition) is 2. The zero-order valence-corrected chi connectivity index (χ0v) is 17.1. The Morgan fingerprint density at radius 1 is 1.19 bits per heavy atom. The van der Waals surface area contributed by atoms with Crippen LogP contribution in [-0.2, 0) is 19.6 Å². The van der Waals surface area contributed by atoms with E-state index in [0.29, 0.717) is 53.3 Å². The molecule has 0 bridgehead atoms. The maximum atomic E-state index is 14.0. The fraction of sp³-hybridized carbons (Fsp3) is 0.391. The Labute approximate surface area is 179 Å². The number of nitrogens with zero attached hydrogens (tertiary/aromatic N) is 2. The van der Waals surface area contributed by atoms with E-state index in [-0.39, 0.29) is 19.0 Å². The van der Waals surface area contributed by atoms with Crippen LogP contribution in [0.5, 0.6) is 5.75 Å². The second-order valence-electron chi connectivity index (χ2n) is 7.85. The molecule has 2 aromatic carbocycles. The Morgan fingerprint density at radius 2 is 1.97 bits per heavy atom. The van der Waals surface area contributed by atoms with Crippen molar-refractivity contribution in [3.05, 3.63) is 59.0 Å². The predicted molar refractivity (Wildman–Crippen MR) is 111 cm³/mol. The summed E-state index contributed by atoms with van der Waals surface area (Å²) in [6.07, 6.45) is 2.27. The summed E-state index contributed by atoms with van der Waals surface area (Å²) in [6, 6.07) is 9.92. The van der Waals surface area contributed by atoms with Gasteiger partial charge in [-0.15, -0.1) is 0 Å². The molecular weight excluding hydrogens is 403 g/mol. The Hall–Kier alpha value is -3.13. The van der Waals surface area contributed by atoms with Crippen LogP contribution < -0.4 is 4.74 Å². The normalized spacial score (nSPS) is 14.8. The molecule has 7 nitrogen and oxygen atoms in total. The summed E-state index contributed by atoms with van der Waals surface area (Å²) in [5.41, 5.74) is 2.27. The molecule has 0 radical (unpaired) electrons. The predicted octanol–water partition coefficient (Wildman–Crippen LogP) is 4.36. The molecule has 0 aliphatic carbocycles. The molecule has 2 N–H and O–H groups in total. The van der Waals surface area contributed by atoms with Crippen molar-refractivity contribution >= 4 is 17.1 Å². The average Bonchev–Trinajstić information content (AvgIpc) is 3.22. The molecular formula is C23H25FN2O5. The number of aliphatic hydroxyl groups is 1. The van der Waals surface area contributed by atoms with E-state index in [9.17, 15) is 14.3 Å². The van der Waals surface area contributed by atoms with E-state index < -0.39 is 6.09 Å². The molecule has 1 amide bonds. The van der Waals surface area contributed by atoms with Gasteiger partial charge in [0.1, 0.15) is 18.2 Å². The summed E-state index contributed by atoms with van der Waals surface area (Å²) >= 11 is 0. The van der Waals surface area contributed by atoms with Crippen LogP contribution in [0.15, 0.2) is 40.9 Å². The van der Waals surface area contributed by atoms with Gasteiger partial charge in [-0.25, -0.2) is 9.18 Å². The van der Waals surface area contributed by atoms with Crippen LogP contribution in [0.1, 0.15) is 36.1 Å². The number of amides is 1. The Bertz CT molecular complexity index is 1060. The zero-order valence-electron chi connectivity index (χ0n) is 17.1. The first-order chi connectivity index (χ1) is 15.1. The van der Waals surface area contributed by atoms with Crippen LogP contribution in [0.25, 0.3) is 11.0 Å². The molecule has 0 unspecified atom stereocenters. The summed E-state index contributed by atoms with van der Waals surface area (Å²) in [7, 11) is 0. The molecule has 1 saturated heterocycles. The third-order valence-electron chi connectivity index (χ3n) is 5.92. The number of carbonyl (C=O) groups is 1. The van der Waals surface area contributed by atoms with Crippen LogP contribution in [0.2, 0.25) is 0 Å². The molecule has 1 aliphatic heterocycles. The van der Waals surface area contributed by atoms with Crippen molar-refractivity contribution in [3.8, 4) is 5.75 Å². The Balaban J connectivity index is 1.51. The highest BCUT2D eigenvalue weighted by Gasteiger charge is 2.24. The molecule has 1 fully saturated rings. The molecule has 164 valence electrons. The van der Waals surface area contributed by atoms with Gasteiger partial charge in [-0.3, -0.25) is 0 Å². The van der Waals surface area contributed by atoms with Crippen molar-refractivity contribution in [1.82, 2.24) is 10.1 Å². The van der Waals surface area contributed by atoms with Gasteiger partial charge in [0.2, 0.25) is 0 Å². The molecule has 0 saturated carbocycles. The molecule has 3 aromatic rings. The fourth-order valence-electron chi connectivity index (χ4n) is 4.07. The van der Waals surface area contributed by atoms with E-state index in [1.54, 1.807) is 30.3 Å². The molecule has 4 rings (SSSR count). The molecule has 2 heterocycles. The van der Waals surface area contributed by atoms with Gasteiger partial charge in [0.25, 0.3) is 0 Å². The number of aliphatic hydroxyl groups excluding tert-OH is 1. The van der Waals surface area contributed by atoms with Crippen LogP contribution in [0, 0.1) is 11.7 Å². The molecule has 0 spiro atoms. The first-order valence-electron chi connectivity index (χ1n) is 10.4. The number of likely N-dealkylation sites (tertiary alicyclic amines) is 1. The van der Waals surface area contributed by atoms with Gasteiger partial charge in [-0.1, -0.05) is 23.4 Å². The minimum atomic E-state index is -0.867. The molecule has 1 aromatic heterocycles. The summed E-state index contributed by atoms with van der Waals surface area (Å²) in [5.74, 6) is 0.613. The largest absolute Gasteiger partial charge is 0.488 e. The fourth-order valence-corrected chi connectivity index (χ4v) is 4.07. The summed E-state index contributed by atoms with van der Waals surface area (Å²) < 4.78 is 25.4. The van der Waals surface area contributed by atoms with Crippen molar-refractivity contribution in [2.45, 2.75) is 38.9 Å². The van der Waals surface area contributed by atoms with Crippen LogP contribution in [0.3, 0.4) is 0 Å². The minimum Gasteiger partial charge on any atom is -0.488 e. The Morgan fingerprint density at radius 3 is 2.68 bits per heavy atom. The van der Waals surface area contributed by atoms with E-state index in [4.69, 9.17) is 14.4 Å². The maximum Gasteiger partial charge on any atom is 0.407 e. The van der Waals surface area contributed by atoms with Gasteiger partial charge in [-0.05, 0) is 49.8 Å². The molecule has 8 heteroatoms. The lowest BCUT2D eigenvalue weighted by Crippen LogP contribution is -2.37. The summed E-state index contributed by atoms with van der Waals surface area (Å²) in [5, 5.41) is 23.7. The lowest BCUT2D eigenvalue weighted by molar-refractivity contribution is 0.123. The van der Waals surface area contributed by atoms with Crippen LogP contribution >= 0.6 is 0 Å². The van der Waals surface area contributed by atoms with E-state index >= 15 is 0 Å². The van der Waals surface area contributed by atoms with Crippen molar-refractivity contribution in [2.75, 3.05) is 13.1 Å². The highest BCUT2D eigenvalue weighted by atomic mass is 19.1. The number of rotatable bonds is 7. The lowest BCUT2D eigenvalue weighted by Gasteiger charge is -2.29. The number of ether oxygens (including phenoxy) is 1.